The number of fused-ring (bicyclic) bond motifs is 1. The van der Waals surface area contributed by atoms with Crippen molar-refractivity contribution in [2.24, 2.45) is 0 Å². The second-order valence-electron chi connectivity index (χ2n) is 4.57. The molecule has 0 aliphatic heterocycles. The minimum atomic E-state index is -3.71. The van der Waals surface area contributed by atoms with E-state index < -0.39 is 9.05 Å². The molecule has 0 amide bonds. The molecule has 1 aliphatic rings. The van der Waals surface area contributed by atoms with Gasteiger partial charge in [0.1, 0.15) is 5.75 Å². The number of hydrogen-bond acceptors (Lipinski definition) is 3. The number of aryl methyl sites for hydroxylation is 1. The van der Waals surface area contributed by atoms with Crippen molar-refractivity contribution in [1.82, 2.24) is 0 Å². The third kappa shape index (κ3) is 3.11. The Morgan fingerprint density at radius 1 is 1.22 bits per heavy atom. The highest BCUT2D eigenvalue weighted by Crippen LogP contribution is 2.37. The van der Waals surface area contributed by atoms with Crippen molar-refractivity contribution in [1.29, 1.82) is 0 Å². The van der Waals surface area contributed by atoms with Crippen LogP contribution < -0.4 is 0 Å². The molecule has 2 rings (SSSR count). The summed E-state index contributed by atoms with van der Waals surface area (Å²) in [5.41, 5.74) is 2.30. The molecule has 1 aromatic rings. The van der Waals surface area contributed by atoms with E-state index >= 15 is 0 Å². The number of phenolic OH excluding ortho intramolecular Hbond substituents is 1. The molecule has 0 saturated carbocycles. The van der Waals surface area contributed by atoms with E-state index in [0.29, 0.717) is 5.56 Å². The number of hydrogen-bond donors (Lipinski definition) is 1. The van der Waals surface area contributed by atoms with Gasteiger partial charge in [0, 0.05) is 16.2 Å². The van der Waals surface area contributed by atoms with Crippen molar-refractivity contribution in [3.05, 3.63) is 27.8 Å². The summed E-state index contributed by atoms with van der Waals surface area (Å²) >= 11 is 5.95. The molecule has 0 fully saturated rings. The number of halogens is 2. The smallest absolute Gasteiger partial charge is 0.236 e. The van der Waals surface area contributed by atoms with Crippen LogP contribution in [0.15, 0.2) is 6.07 Å². The Kier molecular flexibility index (Phi) is 4.09. The van der Waals surface area contributed by atoms with Crippen molar-refractivity contribution >= 4 is 31.3 Å². The quantitative estimate of drug-likeness (QED) is 0.673. The molecular formula is C12H14Cl2O3S. The van der Waals surface area contributed by atoms with Gasteiger partial charge in [-0.3, -0.25) is 0 Å². The van der Waals surface area contributed by atoms with Crippen molar-refractivity contribution in [2.45, 2.75) is 37.9 Å². The van der Waals surface area contributed by atoms with E-state index in [4.69, 9.17) is 22.3 Å². The molecule has 0 unspecified atom stereocenters. The van der Waals surface area contributed by atoms with Crippen LogP contribution in [0.2, 0.25) is 5.02 Å². The lowest BCUT2D eigenvalue weighted by molar-refractivity contribution is 0.468. The molecule has 0 heterocycles. The van der Waals surface area contributed by atoms with Crippen LogP contribution in [0.25, 0.3) is 0 Å². The zero-order valence-electron chi connectivity index (χ0n) is 9.75. The number of phenols is 1. The van der Waals surface area contributed by atoms with E-state index in [1.807, 2.05) is 0 Å². The molecule has 1 N–H and O–H groups in total. The first-order chi connectivity index (χ1) is 8.38. The van der Waals surface area contributed by atoms with Gasteiger partial charge in [0.25, 0.3) is 0 Å². The molecule has 18 heavy (non-hydrogen) atoms. The monoisotopic (exact) mass is 308 g/mol. The first kappa shape index (κ1) is 14.0. The maximum Gasteiger partial charge on any atom is 0.236 e. The predicted molar refractivity (Wildman–Crippen MR) is 72.9 cm³/mol. The molecule has 1 aromatic carbocycles. The number of rotatable bonds is 2. The summed E-state index contributed by atoms with van der Waals surface area (Å²) in [5, 5.41) is 10.2. The van der Waals surface area contributed by atoms with Crippen LogP contribution >= 0.6 is 22.3 Å². The van der Waals surface area contributed by atoms with E-state index in [-0.39, 0.29) is 16.5 Å². The van der Waals surface area contributed by atoms with Gasteiger partial charge in [-0.05, 0) is 42.9 Å². The number of benzene rings is 1. The van der Waals surface area contributed by atoms with Gasteiger partial charge in [-0.15, -0.1) is 0 Å². The van der Waals surface area contributed by atoms with Crippen molar-refractivity contribution in [3.63, 3.8) is 0 Å². The van der Waals surface area contributed by atoms with E-state index in [0.717, 1.165) is 43.2 Å². The summed E-state index contributed by atoms with van der Waals surface area (Å²) in [5.74, 6) is -0.523. The first-order valence-electron chi connectivity index (χ1n) is 5.83. The van der Waals surface area contributed by atoms with E-state index in [1.165, 1.54) is 0 Å². The second kappa shape index (κ2) is 5.27. The third-order valence-corrected chi connectivity index (χ3v) is 4.50. The van der Waals surface area contributed by atoms with Crippen LogP contribution in [0.4, 0.5) is 0 Å². The van der Waals surface area contributed by atoms with Gasteiger partial charge in [0.05, 0.1) is 10.8 Å². The van der Waals surface area contributed by atoms with E-state index in [2.05, 4.69) is 0 Å². The molecule has 1 aliphatic carbocycles. The van der Waals surface area contributed by atoms with Crippen LogP contribution in [0.5, 0.6) is 5.75 Å². The molecule has 3 nitrogen and oxygen atoms in total. The van der Waals surface area contributed by atoms with Gasteiger partial charge in [-0.2, -0.15) is 0 Å². The lowest BCUT2D eigenvalue weighted by Gasteiger charge is -2.14. The highest BCUT2D eigenvalue weighted by molar-refractivity contribution is 8.13. The van der Waals surface area contributed by atoms with Crippen LogP contribution in [0.3, 0.4) is 0 Å². The maximum atomic E-state index is 11.2. The molecule has 6 heteroatoms. The highest BCUT2D eigenvalue weighted by Gasteiger charge is 2.22. The summed E-state index contributed by atoms with van der Waals surface area (Å²) in [6, 6.07) is 1.74. The summed E-state index contributed by atoms with van der Waals surface area (Å²) in [7, 11) is 1.59. The Morgan fingerprint density at radius 2 is 1.89 bits per heavy atom. The predicted octanol–water partition coefficient (Wildman–Crippen LogP) is 3.38. The van der Waals surface area contributed by atoms with Gasteiger partial charge in [-0.1, -0.05) is 18.0 Å². The minimum Gasteiger partial charge on any atom is -0.506 e. The first-order valence-corrected chi connectivity index (χ1v) is 8.68. The third-order valence-electron chi connectivity index (χ3n) is 3.25. The van der Waals surface area contributed by atoms with Gasteiger partial charge in [0.15, 0.2) is 0 Å². The van der Waals surface area contributed by atoms with Crippen molar-refractivity contribution in [3.8, 4) is 5.75 Å². The van der Waals surface area contributed by atoms with E-state index in [1.54, 1.807) is 6.07 Å². The molecule has 0 saturated heterocycles. The zero-order chi connectivity index (χ0) is 13.3. The summed E-state index contributed by atoms with van der Waals surface area (Å²) in [6.07, 6.45) is 4.77. The molecule has 0 atom stereocenters. The Labute approximate surface area is 116 Å². The molecular weight excluding hydrogens is 295 g/mol. The normalized spacial score (nSPS) is 16.1. The average Bonchev–Trinajstić information content (AvgIpc) is 2.48. The molecule has 0 bridgehead atoms. The van der Waals surface area contributed by atoms with Crippen molar-refractivity contribution < 1.29 is 13.5 Å². The molecule has 0 radical (unpaired) electrons. The van der Waals surface area contributed by atoms with Crippen LogP contribution in [0, 0.1) is 0 Å². The summed E-state index contributed by atoms with van der Waals surface area (Å²) in [6.45, 7) is 0. The largest absolute Gasteiger partial charge is 0.506 e. The van der Waals surface area contributed by atoms with Crippen LogP contribution in [0.1, 0.15) is 36.0 Å². The Balaban J connectivity index is 2.58. The topological polar surface area (TPSA) is 54.4 Å². The number of aromatic hydroxyl groups is 1. The van der Waals surface area contributed by atoms with Gasteiger partial charge in [0.2, 0.25) is 9.05 Å². The Bertz CT molecular complexity index is 567. The van der Waals surface area contributed by atoms with Crippen LogP contribution in [-0.2, 0) is 27.6 Å². The van der Waals surface area contributed by atoms with E-state index in [9.17, 15) is 13.5 Å². The average molecular weight is 309 g/mol. The Morgan fingerprint density at radius 3 is 2.56 bits per heavy atom. The fourth-order valence-corrected chi connectivity index (χ4v) is 3.67. The highest BCUT2D eigenvalue weighted by atomic mass is 35.7. The molecule has 0 aromatic heterocycles. The second-order valence-corrected chi connectivity index (χ2v) is 7.75. The maximum absolute atomic E-state index is 11.2. The Hall–Kier alpha value is -0.450. The fourth-order valence-electron chi connectivity index (χ4n) is 2.45. The summed E-state index contributed by atoms with van der Waals surface area (Å²) < 4.78 is 22.5. The fraction of sp³-hybridized carbons (Fsp3) is 0.500. The zero-order valence-corrected chi connectivity index (χ0v) is 12.1. The molecule has 100 valence electrons. The van der Waals surface area contributed by atoms with Gasteiger partial charge < -0.3 is 5.11 Å². The minimum absolute atomic E-state index is 0.151. The van der Waals surface area contributed by atoms with Gasteiger partial charge in [-0.25, -0.2) is 8.42 Å². The van der Waals surface area contributed by atoms with Crippen LogP contribution in [-0.4, -0.2) is 13.5 Å². The SMILES string of the molecule is O=S(=O)(Cl)Cc1c(O)c(Cl)cc2c1CCCCC2. The molecule has 0 spiro atoms. The van der Waals surface area contributed by atoms with Gasteiger partial charge >= 0.3 is 0 Å². The van der Waals surface area contributed by atoms with Crippen molar-refractivity contribution in [2.75, 3.05) is 0 Å². The standard InChI is InChI=1S/C12H14Cl2O3S/c13-11-6-8-4-2-1-3-5-9(8)10(12(11)15)7-18(14,16)17/h6,15H,1-5,7H2. The summed E-state index contributed by atoms with van der Waals surface area (Å²) in [4.78, 5) is 0. The lowest BCUT2D eigenvalue weighted by atomic mass is 9.97. The lowest BCUT2D eigenvalue weighted by Crippen LogP contribution is -2.04.